The highest BCUT2D eigenvalue weighted by Gasteiger charge is 2.69. The van der Waals surface area contributed by atoms with Crippen molar-refractivity contribution in [2.24, 2.45) is 0 Å². The topological polar surface area (TPSA) is 222 Å². The lowest BCUT2D eigenvalue weighted by Crippen LogP contribution is -2.71. The molecule has 0 saturated heterocycles. The number of aliphatic hydroxyl groups excluding tert-OH is 2. The quantitative estimate of drug-likeness (QED) is 0.117. The molecule has 0 aliphatic heterocycles. The first-order valence-electron chi connectivity index (χ1n) is 13.0. The molecule has 0 saturated carbocycles. The van der Waals surface area contributed by atoms with E-state index < -0.39 is 51.9 Å². The second-order valence-electron chi connectivity index (χ2n) is 10.6. The van der Waals surface area contributed by atoms with Gasteiger partial charge in [0.15, 0.2) is 0 Å². The summed E-state index contributed by atoms with van der Waals surface area (Å²) < 4.78 is 0. The van der Waals surface area contributed by atoms with Crippen LogP contribution in [0.15, 0.2) is 78.9 Å². The molecule has 0 aliphatic rings. The molecule has 43 heavy (non-hydrogen) atoms. The maximum atomic E-state index is 12.6. The highest BCUT2D eigenvalue weighted by molar-refractivity contribution is 6.28. The number of benzene rings is 3. The van der Waals surface area contributed by atoms with Crippen LogP contribution in [0.4, 0.5) is 0 Å². The fourth-order valence-corrected chi connectivity index (χ4v) is 3.89. The standard InChI is InChI=1S/C18H14O8.C13H21NO3/c19-13(11-7-3-1-4-8-11)17(25,15(21)22)18(26,16(23)24)14(20)12-9-5-2-6-10-12;1-13(2,3)14-7-12(17)9-4-5-11(16)10(6-9)8-15/h1-10,25-26H,(H,21,22)(H,23,24);4-6,12,14-17H,7-8H2,1-3H3. The van der Waals surface area contributed by atoms with E-state index in [4.69, 9.17) is 5.11 Å². The predicted octanol–water partition coefficient (Wildman–Crippen LogP) is 1.69. The Morgan fingerprint density at radius 1 is 0.744 bits per heavy atom. The van der Waals surface area contributed by atoms with Crippen LogP contribution in [0.5, 0.6) is 5.75 Å². The average molecular weight is 598 g/mol. The second-order valence-corrected chi connectivity index (χ2v) is 10.6. The summed E-state index contributed by atoms with van der Waals surface area (Å²) in [4.78, 5) is 48.5. The van der Waals surface area contributed by atoms with Gasteiger partial charge in [0.05, 0.1) is 12.7 Å². The van der Waals surface area contributed by atoms with Crippen LogP contribution in [0.25, 0.3) is 0 Å². The van der Waals surface area contributed by atoms with Crippen LogP contribution in [-0.4, -0.2) is 82.5 Å². The van der Waals surface area contributed by atoms with E-state index in [-0.39, 0.29) is 17.9 Å². The molecule has 0 aliphatic carbocycles. The molecule has 3 unspecified atom stereocenters. The molecule has 3 rings (SSSR count). The number of aliphatic carboxylic acids is 2. The lowest BCUT2D eigenvalue weighted by Gasteiger charge is -2.34. The van der Waals surface area contributed by atoms with Gasteiger partial charge in [0.1, 0.15) is 5.75 Å². The number of carboxylic acids is 2. The van der Waals surface area contributed by atoms with Crippen molar-refractivity contribution >= 4 is 23.5 Å². The smallest absolute Gasteiger partial charge is 0.348 e. The third kappa shape index (κ3) is 7.89. The first kappa shape index (κ1) is 34.7. The summed E-state index contributed by atoms with van der Waals surface area (Å²) in [5.74, 6) is -7.98. The van der Waals surface area contributed by atoms with Crippen molar-refractivity contribution in [3.63, 3.8) is 0 Å². The van der Waals surface area contributed by atoms with Crippen molar-refractivity contribution in [2.75, 3.05) is 6.54 Å². The summed E-state index contributed by atoms with van der Waals surface area (Å²) >= 11 is 0. The average Bonchev–Trinajstić information content (AvgIpc) is 2.99. The highest BCUT2D eigenvalue weighted by atomic mass is 16.5. The molecule has 0 amide bonds. The summed E-state index contributed by atoms with van der Waals surface area (Å²) in [5.41, 5.74) is -7.63. The van der Waals surface area contributed by atoms with Gasteiger partial charge in [-0.15, -0.1) is 0 Å². The molecule has 3 atom stereocenters. The molecule has 3 aromatic rings. The molecule has 0 aromatic heterocycles. The van der Waals surface area contributed by atoms with E-state index in [0.717, 1.165) is 24.3 Å². The van der Waals surface area contributed by atoms with Crippen molar-refractivity contribution in [1.82, 2.24) is 5.32 Å². The van der Waals surface area contributed by atoms with Crippen LogP contribution in [-0.2, 0) is 16.2 Å². The van der Waals surface area contributed by atoms with Gasteiger partial charge in [-0.05, 0) is 38.5 Å². The van der Waals surface area contributed by atoms with Crippen LogP contribution in [0.2, 0.25) is 0 Å². The Morgan fingerprint density at radius 2 is 1.16 bits per heavy atom. The van der Waals surface area contributed by atoms with Gasteiger partial charge >= 0.3 is 11.9 Å². The Kier molecular flexibility index (Phi) is 11.4. The van der Waals surface area contributed by atoms with Gasteiger partial charge in [0.2, 0.25) is 11.6 Å². The first-order chi connectivity index (χ1) is 20.0. The van der Waals surface area contributed by atoms with Crippen molar-refractivity contribution in [1.29, 1.82) is 0 Å². The third-order valence-corrected chi connectivity index (χ3v) is 6.36. The van der Waals surface area contributed by atoms with Gasteiger partial charge in [-0.3, -0.25) is 9.59 Å². The predicted molar refractivity (Wildman–Crippen MR) is 153 cm³/mol. The Hall–Kier alpha value is -4.46. The van der Waals surface area contributed by atoms with E-state index in [1.165, 1.54) is 42.5 Å². The molecule has 0 radical (unpaired) electrons. The fourth-order valence-electron chi connectivity index (χ4n) is 3.89. The van der Waals surface area contributed by atoms with Gasteiger partial charge in [0, 0.05) is 28.8 Å². The molecule has 0 fully saturated rings. The molecule has 0 bridgehead atoms. The number of Topliss-reactive ketones (excluding diaryl/α,β-unsaturated/α-hetero) is 2. The molecular formula is C31H35NO11. The Balaban J connectivity index is 0.000000329. The van der Waals surface area contributed by atoms with Crippen molar-refractivity contribution < 1.29 is 54.9 Å². The SMILES string of the molecule is CC(C)(C)NCC(O)c1ccc(O)c(CO)c1.O=C(O)C(O)(C(=O)c1ccccc1)C(O)(C(=O)O)C(=O)c1ccccc1. The number of carbonyl (C=O) groups is 4. The van der Waals surface area contributed by atoms with Gasteiger partial charge in [0.25, 0.3) is 11.2 Å². The minimum atomic E-state index is -3.95. The Bertz CT molecular complexity index is 1360. The fraction of sp³-hybridized carbons (Fsp3) is 0.290. The maximum Gasteiger partial charge on any atom is 0.348 e. The zero-order valence-corrected chi connectivity index (χ0v) is 23.8. The molecule has 0 heterocycles. The first-order valence-corrected chi connectivity index (χ1v) is 13.0. The van der Waals surface area contributed by atoms with Crippen LogP contribution in [0.1, 0.15) is 58.7 Å². The van der Waals surface area contributed by atoms with Gasteiger partial charge in [-0.2, -0.15) is 0 Å². The monoisotopic (exact) mass is 597 g/mol. The molecule has 3 aromatic carbocycles. The molecule has 12 nitrogen and oxygen atoms in total. The highest BCUT2D eigenvalue weighted by Crippen LogP contribution is 2.31. The number of hydrogen-bond acceptors (Lipinski definition) is 10. The van der Waals surface area contributed by atoms with Crippen molar-refractivity contribution in [2.45, 2.75) is 50.2 Å². The number of ketones is 2. The summed E-state index contributed by atoms with van der Waals surface area (Å²) in [6, 6.07) is 17.6. The van der Waals surface area contributed by atoms with Crippen LogP contribution in [0.3, 0.4) is 0 Å². The van der Waals surface area contributed by atoms with E-state index >= 15 is 0 Å². The Morgan fingerprint density at radius 3 is 1.51 bits per heavy atom. The molecule has 12 heteroatoms. The van der Waals surface area contributed by atoms with E-state index in [1.54, 1.807) is 12.1 Å². The zero-order chi connectivity index (χ0) is 32.6. The number of nitrogens with one attached hydrogen (secondary N) is 1. The number of aliphatic hydroxyl groups is 4. The summed E-state index contributed by atoms with van der Waals surface area (Å²) in [5, 5.41) is 71.5. The number of aromatic hydroxyl groups is 1. The van der Waals surface area contributed by atoms with Gasteiger partial charge in [-0.1, -0.05) is 66.7 Å². The number of hydrogen-bond donors (Lipinski definition) is 8. The zero-order valence-electron chi connectivity index (χ0n) is 23.8. The minimum Gasteiger partial charge on any atom is -0.508 e. The largest absolute Gasteiger partial charge is 0.508 e. The van der Waals surface area contributed by atoms with E-state index in [0.29, 0.717) is 17.7 Å². The van der Waals surface area contributed by atoms with Crippen molar-refractivity contribution in [3.8, 4) is 5.75 Å². The van der Waals surface area contributed by atoms with E-state index in [2.05, 4.69) is 5.32 Å². The number of rotatable bonds is 11. The minimum absolute atomic E-state index is 0.0484. The van der Waals surface area contributed by atoms with Crippen LogP contribution >= 0.6 is 0 Å². The normalized spacial score (nSPS) is 14.7. The number of carboxylic acid groups (broad SMARTS) is 2. The lowest BCUT2D eigenvalue weighted by molar-refractivity contribution is -0.187. The van der Waals surface area contributed by atoms with Gasteiger partial charge in [-0.25, -0.2) is 9.59 Å². The number of β-amino-alcohol motifs (C(OH)–C–C–N with tert-alkyl or cyclic N) is 1. The molecule has 230 valence electrons. The maximum absolute atomic E-state index is 12.6. The summed E-state index contributed by atoms with van der Waals surface area (Å²) in [6.07, 6.45) is -0.653. The molecule has 0 spiro atoms. The molecular weight excluding hydrogens is 562 g/mol. The van der Waals surface area contributed by atoms with Crippen molar-refractivity contribution in [3.05, 3.63) is 101 Å². The number of phenols is 1. The summed E-state index contributed by atoms with van der Waals surface area (Å²) in [7, 11) is 0. The van der Waals surface area contributed by atoms with E-state index in [1.807, 2.05) is 20.8 Å². The Labute approximate surface area is 247 Å². The van der Waals surface area contributed by atoms with E-state index in [9.17, 15) is 49.8 Å². The van der Waals surface area contributed by atoms with Gasteiger partial charge < -0.3 is 41.1 Å². The third-order valence-electron chi connectivity index (χ3n) is 6.36. The summed E-state index contributed by atoms with van der Waals surface area (Å²) in [6.45, 7) is 6.26. The molecule has 8 N–H and O–H groups in total. The van der Waals surface area contributed by atoms with Crippen LogP contribution < -0.4 is 5.32 Å². The second kappa shape index (κ2) is 14.1. The number of carbonyl (C=O) groups excluding carboxylic acids is 2. The lowest BCUT2D eigenvalue weighted by atomic mass is 9.73. The van der Waals surface area contributed by atoms with Crippen LogP contribution in [0, 0.1) is 0 Å².